The van der Waals surface area contributed by atoms with Crippen LogP contribution >= 0.6 is 0 Å². The maximum Gasteiger partial charge on any atom is 0.226 e. The Morgan fingerprint density at radius 2 is 1.52 bits per heavy atom. The van der Waals surface area contributed by atoms with Crippen molar-refractivity contribution in [2.24, 2.45) is 5.92 Å². The van der Waals surface area contributed by atoms with E-state index in [1.165, 1.54) is 44.9 Å². The molecule has 1 aromatic rings. The van der Waals surface area contributed by atoms with Gasteiger partial charge in [0.05, 0.1) is 14.2 Å². The van der Waals surface area contributed by atoms with Crippen molar-refractivity contribution in [3.63, 3.8) is 0 Å². The van der Waals surface area contributed by atoms with E-state index in [0.29, 0.717) is 11.9 Å². The van der Waals surface area contributed by atoms with E-state index >= 15 is 0 Å². The molecule has 2 fully saturated rings. The summed E-state index contributed by atoms with van der Waals surface area (Å²) >= 11 is 0. The van der Waals surface area contributed by atoms with Crippen LogP contribution in [0.3, 0.4) is 0 Å². The topological polar surface area (TPSA) is 38.8 Å². The summed E-state index contributed by atoms with van der Waals surface area (Å²) in [7, 11) is 3.32. The van der Waals surface area contributed by atoms with E-state index < -0.39 is 0 Å². The molecule has 1 atom stereocenters. The molecule has 4 nitrogen and oxygen atoms in total. The fourth-order valence-corrected chi connectivity index (χ4v) is 4.33. The molecule has 2 aliphatic rings. The fourth-order valence-electron chi connectivity index (χ4n) is 4.33. The van der Waals surface area contributed by atoms with E-state index in [2.05, 4.69) is 4.90 Å². The summed E-state index contributed by atoms with van der Waals surface area (Å²) < 4.78 is 10.7. The van der Waals surface area contributed by atoms with Crippen molar-refractivity contribution in [2.75, 3.05) is 20.8 Å². The molecule has 0 aromatic heterocycles. The van der Waals surface area contributed by atoms with Crippen LogP contribution in [0.25, 0.3) is 0 Å². The second-order valence-electron chi connectivity index (χ2n) is 7.44. The average Bonchev–Trinajstić information content (AvgIpc) is 2.95. The van der Waals surface area contributed by atoms with Crippen LogP contribution in [0.2, 0.25) is 0 Å². The minimum absolute atomic E-state index is 0.0993. The van der Waals surface area contributed by atoms with E-state index in [4.69, 9.17) is 9.47 Å². The summed E-state index contributed by atoms with van der Waals surface area (Å²) in [5.41, 5.74) is 1.12. The number of ether oxygens (including phenoxy) is 2. The van der Waals surface area contributed by atoms with Crippen LogP contribution in [0.1, 0.15) is 56.9 Å². The lowest BCUT2D eigenvalue weighted by molar-refractivity contribution is -0.133. The van der Waals surface area contributed by atoms with Crippen LogP contribution in [0.15, 0.2) is 18.2 Å². The molecule has 1 aliphatic heterocycles. The van der Waals surface area contributed by atoms with E-state index in [1.54, 1.807) is 14.2 Å². The third kappa shape index (κ3) is 4.47. The number of hydrogen-bond donors (Lipinski definition) is 0. The van der Waals surface area contributed by atoms with Gasteiger partial charge in [-0.1, -0.05) is 32.1 Å². The first kappa shape index (κ1) is 18.1. The van der Waals surface area contributed by atoms with E-state index in [1.807, 2.05) is 18.2 Å². The van der Waals surface area contributed by atoms with Crippen molar-refractivity contribution < 1.29 is 14.3 Å². The molecule has 1 saturated heterocycles. The summed E-state index contributed by atoms with van der Waals surface area (Å²) in [5, 5.41) is 0. The van der Waals surface area contributed by atoms with E-state index in [0.717, 1.165) is 36.4 Å². The van der Waals surface area contributed by atoms with Gasteiger partial charge in [0.2, 0.25) is 5.91 Å². The zero-order valence-corrected chi connectivity index (χ0v) is 15.6. The average molecular weight is 345 g/mol. The second kappa shape index (κ2) is 8.59. The Balaban J connectivity index is 1.65. The number of carbonyl (C=O) groups is 1. The lowest BCUT2D eigenvalue weighted by Crippen LogP contribution is -2.38. The summed E-state index contributed by atoms with van der Waals surface area (Å²) in [5.74, 6) is 2.03. The van der Waals surface area contributed by atoms with Crippen LogP contribution in [-0.4, -0.2) is 37.6 Å². The van der Waals surface area contributed by atoms with Crippen molar-refractivity contribution in [3.05, 3.63) is 23.8 Å². The molecule has 0 radical (unpaired) electrons. The quantitative estimate of drug-likeness (QED) is 0.802. The molecule has 3 rings (SSSR count). The van der Waals surface area contributed by atoms with Gasteiger partial charge in [-0.05, 0) is 43.4 Å². The summed E-state index contributed by atoms with van der Waals surface area (Å²) in [6, 6.07) is 6.39. The molecule has 1 unspecified atom stereocenters. The number of hydrogen-bond acceptors (Lipinski definition) is 3. The number of likely N-dealkylation sites (tertiary alicyclic amines) is 1. The molecule has 0 N–H and O–H groups in total. The number of nitrogens with zero attached hydrogens (tertiary/aromatic N) is 1. The number of carbonyl (C=O) groups excluding carboxylic acids is 1. The predicted octanol–water partition coefficient (Wildman–Crippen LogP) is 4.21. The van der Waals surface area contributed by atoms with Gasteiger partial charge in [0.25, 0.3) is 0 Å². The third-order valence-electron chi connectivity index (χ3n) is 5.76. The Morgan fingerprint density at radius 1 is 0.920 bits per heavy atom. The van der Waals surface area contributed by atoms with Gasteiger partial charge in [0.15, 0.2) is 0 Å². The molecule has 1 amide bonds. The normalized spacial score (nSPS) is 22.6. The van der Waals surface area contributed by atoms with Crippen molar-refractivity contribution in [2.45, 2.75) is 63.8 Å². The van der Waals surface area contributed by atoms with Crippen molar-refractivity contribution in [1.29, 1.82) is 0 Å². The maximum atomic E-state index is 13.0. The summed E-state index contributed by atoms with van der Waals surface area (Å²) in [4.78, 5) is 15.2. The van der Waals surface area contributed by atoms with Gasteiger partial charge in [0, 0.05) is 24.6 Å². The SMILES string of the molecule is COc1cc(CC2CCN(C3CCCCCCC3)C2=O)cc(OC)c1. The molecule has 0 bridgehead atoms. The largest absolute Gasteiger partial charge is 0.497 e. The van der Waals surface area contributed by atoms with Crippen LogP contribution in [0.4, 0.5) is 0 Å². The van der Waals surface area contributed by atoms with Gasteiger partial charge in [-0.15, -0.1) is 0 Å². The Labute approximate surface area is 151 Å². The third-order valence-corrected chi connectivity index (χ3v) is 5.76. The van der Waals surface area contributed by atoms with Crippen molar-refractivity contribution in [3.8, 4) is 11.5 Å². The van der Waals surface area contributed by atoms with Gasteiger partial charge in [0.1, 0.15) is 11.5 Å². The minimum Gasteiger partial charge on any atom is -0.497 e. The number of amides is 1. The highest BCUT2D eigenvalue weighted by Gasteiger charge is 2.35. The summed E-state index contributed by atoms with van der Waals surface area (Å²) in [6.45, 7) is 0.926. The van der Waals surface area contributed by atoms with Crippen molar-refractivity contribution in [1.82, 2.24) is 4.90 Å². The Bertz CT molecular complexity index is 556. The number of methoxy groups -OCH3 is 2. The zero-order chi connectivity index (χ0) is 17.6. The Morgan fingerprint density at radius 3 is 2.12 bits per heavy atom. The van der Waals surface area contributed by atoms with Crippen LogP contribution in [-0.2, 0) is 11.2 Å². The molecular weight excluding hydrogens is 314 g/mol. The van der Waals surface area contributed by atoms with E-state index in [9.17, 15) is 4.79 Å². The number of benzene rings is 1. The molecule has 138 valence electrons. The van der Waals surface area contributed by atoms with Crippen LogP contribution < -0.4 is 9.47 Å². The first-order chi connectivity index (χ1) is 12.2. The smallest absolute Gasteiger partial charge is 0.226 e. The highest BCUT2D eigenvalue weighted by molar-refractivity contribution is 5.81. The second-order valence-corrected chi connectivity index (χ2v) is 7.44. The molecular formula is C21H31NO3. The molecule has 0 spiro atoms. The predicted molar refractivity (Wildman–Crippen MR) is 99.2 cm³/mol. The van der Waals surface area contributed by atoms with Crippen LogP contribution in [0, 0.1) is 5.92 Å². The summed E-state index contributed by atoms with van der Waals surface area (Å²) in [6.07, 6.45) is 10.7. The number of rotatable bonds is 5. The lowest BCUT2D eigenvalue weighted by atomic mass is 9.95. The Kier molecular flexibility index (Phi) is 6.22. The van der Waals surface area contributed by atoms with Gasteiger partial charge >= 0.3 is 0 Å². The van der Waals surface area contributed by atoms with E-state index in [-0.39, 0.29) is 5.92 Å². The molecule has 1 aromatic carbocycles. The van der Waals surface area contributed by atoms with Gasteiger partial charge in [-0.2, -0.15) is 0 Å². The van der Waals surface area contributed by atoms with Crippen molar-refractivity contribution >= 4 is 5.91 Å². The zero-order valence-electron chi connectivity index (χ0n) is 15.6. The minimum atomic E-state index is 0.0993. The molecule has 25 heavy (non-hydrogen) atoms. The molecule has 1 heterocycles. The highest BCUT2D eigenvalue weighted by Crippen LogP contribution is 2.31. The fraction of sp³-hybridized carbons (Fsp3) is 0.667. The van der Waals surface area contributed by atoms with Gasteiger partial charge < -0.3 is 14.4 Å². The Hall–Kier alpha value is -1.71. The molecule has 4 heteroatoms. The van der Waals surface area contributed by atoms with Gasteiger partial charge in [-0.25, -0.2) is 0 Å². The first-order valence-corrected chi connectivity index (χ1v) is 9.73. The first-order valence-electron chi connectivity index (χ1n) is 9.73. The molecule has 1 saturated carbocycles. The monoisotopic (exact) mass is 345 g/mol. The highest BCUT2D eigenvalue weighted by atomic mass is 16.5. The maximum absolute atomic E-state index is 13.0. The molecule has 1 aliphatic carbocycles. The standard InChI is InChI=1S/C21H31NO3/c1-24-19-13-16(14-20(15-19)25-2)12-17-10-11-22(21(17)23)18-8-6-4-3-5-7-9-18/h13-15,17-18H,3-12H2,1-2H3. The van der Waals surface area contributed by atoms with Gasteiger partial charge in [-0.3, -0.25) is 4.79 Å². The van der Waals surface area contributed by atoms with Crippen LogP contribution in [0.5, 0.6) is 11.5 Å². The lowest BCUT2D eigenvalue weighted by Gasteiger charge is -2.30.